The van der Waals surface area contributed by atoms with Crippen LogP contribution >= 0.6 is 11.6 Å². The summed E-state index contributed by atoms with van der Waals surface area (Å²) in [6, 6.07) is 10.6. The monoisotopic (exact) mass is 394 g/mol. The number of aromatic nitrogens is 3. The minimum atomic E-state index is -4.60. The molecule has 2 aromatic heterocycles. The smallest absolute Gasteiger partial charge is 0.350 e. The van der Waals surface area contributed by atoms with Crippen molar-refractivity contribution in [3.05, 3.63) is 76.8 Å². The number of halogens is 4. The van der Waals surface area contributed by atoms with Gasteiger partial charge in [0.2, 0.25) is 5.91 Å². The van der Waals surface area contributed by atoms with Gasteiger partial charge < -0.3 is 5.32 Å². The normalized spacial score (nSPS) is 11.4. The molecule has 140 valence electrons. The fraction of sp³-hybridized carbons (Fsp3) is 0.167. The van der Waals surface area contributed by atoms with Crippen molar-refractivity contribution in [2.75, 3.05) is 0 Å². The van der Waals surface area contributed by atoms with Crippen molar-refractivity contribution in [2.24, 2.45) is 0 Å². The Hall–Kier alpha value is -2.87. The number of nitrogens with zero attached hydrogens (tertiary/aromatic N) is 3. The maximum Gasteiger partial charge on any atom is 0.435 e. The van der Waals surface area contributed by atoms with Gasteiger partial charge in [-0.05, 0) is 42.0 Å². The van der Waals surface area contributed by atoms with E-state index in [1.54, 1.807) is 42.7 Å². The molecule has 0 fully saturated rings. The lowest BCUT2D eigenvalue weighted by atomic mass is 10.2. The number of rotatable bonds is 5. The zero-order valence-electron chi connectivity index (χ0n) is 13.9. The first-order chi connectivity index (χ1) is 12.8. The van der Waals surface area contributed by atoms with E-state index in [1.807, 2.05) is 0 Å². The van der Waals surface area contributed by atoms with Crippen LogP contribution in [0.1, 0.15) is 17.0 Å². The molecule has 0 saturated heterocycles. The Labute approximate surface area is 157 Å². The molecule has 3 rings (SSSR count). The predicted molar refractivity (Wildman–Crippen MR) is 93.4 cm³/mol. The molecule has 0 aliphatic carbocycles. The molecule has 1 aromatic carbocycles. The highest BCUT2D eigenvalue weighted by atomic mass is 35.5. The number of nitrogens with one attached hydrogen (secondary N) is 1. The molecule has 0 bridgehead atoms. The number of amides is 1. The van der Waals surface area contributed by atoms with Crippen LogP contribution in [-0.4, -0.2) is 20.7 Å². The molecular formula is C18H14ClF3N4O. The summed E-state index contributed by atoms with van der Waals surface area (Å²) in [5, 5.41) is 6.61. The lowest BCUT2D eigenvalue weighted by Crippen LogP contribution is -2.25. The summed E-state index contributed by atoms with van der Waals surface area (Å²) in [7, 11) is 0. The fourth-order valence-electron chi connectivity index (χ4n) is 2.45. The van der Waals surface area contributed by atoms with Crippen molar-refractivity contribution in [3.63, 3.8) is 0 Å². The van der Waals surface area contributed by atoms with E-state index in [-0.39, 0.29) is 24.6 Å². The molecule has 3 aromatic rings. The predicted octanol–water partition coefficient (Wildman–Crippen LogP) is 3.80. The number of pyridine rings is 1. The van der Waals surface area contributed by atoms with Gasteiger partial charge in [0.05, 0.1) is 24.3 Å². The Morgan fingerprint density at radius 2 is 1.89 bits per heavy atom. The van der Waals surface area contributed by atoms with Crippen molar-refractivity contribution < 1.29 is 18.0 Å². The number of hydrogen-bond acceptors (Lipinski definition) is 3. The van der Waals surface area contributed by atoms with Crippen LogP contribution in [0.2, 0.25) is 5.02 Å². The average molecular weight is 395 g/mol. The van der Waals surface area contributed by atoms with Gasteiger partial charge in [0, 0.05) is 17.4 Å². The van der Waals surface area contributed by atoms with E-state index in [1.165, 1.54) is 6.07 Å². The van der Waals surface area contributed by atoms with Gasteiger partial charge in [0.15, 0.2) is 5.69 Å². The van der Waals surface area contributed by atoms with Crippen LogP contribution in [0, 0.1) is 0 Å². The Morgan fingerprint density at radius 3 is 2.56 bits per heavy atom. The Balaban J connectivity index is 1.81. The molecule has 5 nitrogen and oxygen atoms in total. The fourth-order valence-corrected chi connectivity index (χ4v) is 2.64. The number of benzene rings is 1. The minimum absolute atomic E-state index is 0.0972. The minimum Gasteiger partial charge on any atom is -0.350 e. The van der Waals surface area contributed by atoms with E-state index in [4.69, 9.17) is 11.6 Å². The standard InChI is InChI=1S/C18H14ClF3N4O/c19-13-2-1-3-14(9-13)26-15(10-16(25-26)18(20,21)22)11-24-17(27)8-12-4-6-23-7-5-12/h1-7,9-10H,8,11H2,(H,24,27). The number of carbonyl (C=O) groups excluding carboxylic acids is 1. The first-order valence-corrected chi connectivity index (χ1v) is 8.28. The maximum absolute atomic E-state index is 13.1. The van der Waals surface area contributed by atoms with Crippen LogP contribution in [0.4, 0.5) is 13.2 Å². The molecule has 2 heterocycles. The average Bonchev–Trinajstić information content (AvgIpc) is 3.05. The molecule has 0 radical (unpaired) electrons. The highest BCUT2D eigenvalue weighted by Crippen LogP contribution is 2.30. The second kappa shape index (κ2) is 7.79. The zero-order valence-corrected chi connectivity index (χ0v) is 14.6. The van der Waals surface area contributed by atoms with Gasteiger partial charge in [-0.2, -0.15) is 18.3 Å². The Bertz CT molecular complexity index is 941. The van der Waals surface area contributed by atoms with Crippen molar-refractivity contribution in [1.29, 1.82) is 0 Å². The zero-order chi connectivity index (χ0) is 19.4. The molecule has 0 unspecified atom stereocenters. The molecule has 0 aliphatic heterocycles. The molecule has 0 aliphatic rings. The third-order valence-corrected chi connectivity index (χ3v) is 3.94. The molecule has 9 heteroatoms. The first-order valence-electron chi connectivity index (χ1n) is 7.90. The van der Waals surface area contributed by atoms with Gasteiger partial charge in [0.25, 0.3) is 0 Å². The van der Waals surface area contributed by atoms with E-state index in [2.05, 4.69) is 15.4 Å². The first kappa shape index (κ1) is 18.9. The molecule has 1 amide bonds. The van der Waals surface area contributed by atoms with Crippen molar-refractivity contribution in [1.82, 2.24) is 20.1 Å². The van der Waals surface area contributed by atoms with E-state index in [0.717, 1.165) is 16.3 Å². The van der Waals surface area contributed by atoms with E-state index in [0.29, 0.717) is 10.7 Å². The topological polar surface area (TPSA) is 59.8 Å². The SMILES string of the molecule is O=C(Cc1ccncc1)NCc1cc(C(F)(F)F)nn1-c1cccc(Cl)c1. The largest absolute Gasteiger partial charge is 0.435 e. The van der Waals surface area contributed by atoms with Gasteiger partial charge >= 0.3 is 6.18 Å². The van der Waals surface area contributed by atoms with E-state index < -0.39 is 11.9 Å². The van der Waals surface area contributed by atoms with Gasteiger partial charge in [-0.15, -0.1) is 0 Å². The highest BCUT2D eigenvalue weighted by molar-refractivity contribution is 6.30. The van der Waals surface area contributed by atoms with Crippen LogP contribution in [0.15, 0.2) is 54.9 Å². The van der Waals surface area contributed by atoms with Gasteiger partial charge in [-0.3, -0.25) is 9.78 Å². The maximum atomic E-state index is 13.1. The van der Waals surface area contributed by atoms with Crippen molar-refractivity contribution in [2.45, 2.75) is 19.1 Å². The van der Waals surface area contributed by atoms with E-state index in [9.17, 15) is 18.0 Å². The summed E-state index contributed by atoms with van der Waals surface area (Å²) < 4.78 is 40.3. The van der Waals surface area contributed by atoms with Gasteiger partial charge in [-0.1, -0.05) is 17.7 Å². The Kier molecular flexibility index (Phi) is 5.46. The van der Waals surface area contributed by atoms with Crippen molar-refractivity contribution in [3.8, 4) is 5.69 Å². The molecule has 0 saturated carbocycles. The molecular weight excluding hydrogens is 381 g/mol. The lowest BCUT2D eigenvalue weighted by molar-refractivity contribution is -0.141. The molecule has 1 N–H and O–H groups in total. The summed E-state index contributed by atoms with van der Waals surface area (Å²) >= 11 is 5.92. The Morgan fingerprint density at radius 1 is 1.15 bits per heavy atom. The lowest BCUT2D eigenvalue weighted by Gasteiger charge is -2.09. The van der Waals surface area contributed by atoms with Crippen LogP contribution in [-0.2, 0) is 23.9 Å². The summed E-state index contributed by atoms with van der Waals surface area (Å²) in [6.45, 7) is -0.112. The number of alkyl halides is 3. The molecule has 27 heavy (non-hydrogen) atoms. The van der Waals surface area contributed by atoms with E-state index >= 15 is 0 Å². The highest BCUT2D eigenvalue weighted by Gasteiger charge is 2.35. The summed E-state index contributed by atoms with van der Waals surface area (Å²) in [5.41, 5.74) is 0.270. The summed E-state index contributed by atoms with van der Waals surface area (Å²) in [6.07, 6.45) is -1.38. The molecule has 0 atom stereocenters. The molecule has 0 spiro atoms. The second-order valence-electron chi connectivity index (χ2n) is 5.72. The second-order valence-corrected chi connectivity index (χ2v) is 6.16. The number of hydrogen-bond donors (Lipinski definition) is 1. The van der Waals surface area contributed by atoms with Crippen molar-refractivity contribution >= 4 is 17.5 Å². The van der Waals surface area contributed by atoms with Gasteiger partial charge in [0.1, 0.15) is 0 Å². The quantitative estimate of drug-likeness (QED) is 0.716. The summed E-state index contributed by atoms with van der Waals surface area (Å²) in [4.78, 5) is 16.0. The van der Waals surface area contributed by atoms with Crippen LogP contribution in [0.3, 0.4) is 0 Å². The number of carbonyl (C=O) groups is 1. The van der Waals surface area contributed by atoms with Crippen LogP contribution < -0.4 is 5.32 Å². The van der Waals surface area contributed by atoms with Crippen LogP contribution in [0.5, 0.6) is 0 Å². The van der Waals surface area contributed by atoms with Gasteiger partial charge in [-0.25, -0.2) is 4.68 Å². The summed E-state index contributed by atoms with van der Waals surface area (Å²) in [5.74, 6) is -0.325. The third-order valence-electron chi connectivity index (χ3n) is 3.71. The van der Waals surface area contributed by atoms with Crippen LogP contribution in [0.25, 0.3) is 5.69 Å². The third kappa shape index (κ3) is 4.85.